The summed E-state index contributed by atoms with van der Waals surface area (Å²) in [5.74, 6) is -0.00950. The van der Waals surface area contributed by atoms with Gasteiger partial charge in [0.25, 0.3) is 11.8 Å². The van der Waals surface area contributed by atoms with Crippen molar-refractivity contribution in [2.75, 3.05) is 18.5 Å². The van der Waals surface area contributed by atoms with E-state index < -0.39 is 0 Å². The van der Waals surface area contributed by atoms with Crippen LogP contribution in [0.15, 0.2) is 34.9 Å². The number of benzene rings is 1. The SMILES string of the molecule is Cc1ccc(-c2cc(C(=O)Nc3sc4c(c3C(=O)NC[C@H]3CCCO3)CCCC4)no2)cc1. The molecule has 1 saturated heterocycles. The van der Waals surface area contributed by atoms with E-state index in [0.717, 1.165) is 61.8 Å². The smallest absolute Gasteiger partial charge is 0.278 e. The number of carbonyl (C=O) groups is 2. The molecule has 2 amide bonds. The number of thiophene rings is 1. The topological polar surface area (TPSA) is 93.5 Å². The maximum absolute atomic E-state index is 13.1. The highest BCUT2D eigenvalue weighted by atomic mass is 32.1. The summed E-state index contributed by atoms with van der Waals surface area (Å²) in [6, 6.07) is 9.46. The zero-order chi connectivity index (χ0) is 22.8. The molecule has 1 aliphatic heterocycles. The second kappa shape index (κ2) is 9.49. The normalized spacial score (nSPS) is 17.5. The van der Waals surface area contributed by atoms with E-state index in [9.17, 15) is 9.59 Å². The number of amides is 2. The molecule has 1 aliphatic carbocycles. The molecule has 0 unspecified atom stereocenters. The number of ether oxygens (including phenoxy) is 1. The first-order chi connectivity index (χ1) is 16.1. The molecule has 0 radical (unpaired) electrons. The number of anilines is 1. The van der Waals surface area contributed by atoms with Gasteiger partial charge in [-0.15, -0.1) is 11.3 Å². The molecular weight excluding hydrogens is 438 g/mol. The van der Waals surface area contributed by atoms with E-state index in [0.29, 0.717) is 22.9 Å². The van der Waals surface area contributed by atoms with E-state index in [2.05, 4.69) is 15.8 Å². The number of aryl methyl sites for hydroxylation is 2. The van der Waals surface area contributed by atoms with Gasteiger partial charge in [-0.25, -0.2) is 0 Å². The van der Waals surface area contributed by atoms with Gasteiger partial charge in [0.1, 0.15) is 5.00 Å². The maximum Gasteiger partial charge on any atom is 0.278 e. The molecule has 2 N–H and O–H groups in total. The molecule has 172 valence electrons. The molecular formula is C25H27N3O4S. The highest BCUT2D eigenvalue weighted by Gasteiger charge is 2.28. The molecule has 1 atom stereocenters. The molecule has 1 aromatic carbocycles. The molecule has 0 saturated carbocycles. The van der Waals surface area contributed by atoms with Crippen LogP contribution in [0.2, 0.25) is 0 Å². The molecule has 2 aromatic heterocycles. The van der Waals surface area contributed by atoms with Crippen LogP contribution >= 0.6 is 11.3 Å². The molecule has 0 bridgehead atoms. The van der Waals surface area contributed by atoms with E-state index >= 15 is 0 Å². The minimum absolute atomic E-state index is 0.0665. The molecule has 33 heavy (non-hydrogen) atoms. The lowest BCUT2D eigenvalue weighted by Gasteiger charge is -2.15. The van der Waals surface area contributed by atoms with Crippen molar-refractivity contribution in [2.45, 2.75) is 51.6 Å². The Morgan fingerprint density at radius 1 is 1.12 bits per heavy atom. The standard InChI is InChI=1S/C25H27N3O4S/c1-15-8-10-16(11-9-15)20-13-19(28-32-20)23(29)27-25-22(18-6-2-3-7-21(18)33-25)24(30)26-14-17-5-4-12-31-17/h8-11,13,17H,2-7,12,14H2,1H3,(H,26,30)(H,27,29)/t17-/m1/s1. The molecule has 5 rings (SSSR count). The molecule has 8 heteroatoms. The lowest BCUT2D eigenvalue weighted by Crippen LogP contribution is -2.32. The van der Waals surface area contributed by atoms with E-state index in [1.165, 1.54) is 16.2 Å². The van der Waals surface area contributed by atoms with Crippen LogP contribution < -0.4 is 10.6 Å². The van der Waals surface area contributed by atoms with Gasteiger partial charge in [0.15, 0.2) is 11.5 Å². The number of nitrogens with one attached hydrogen (secondary N) is 2. The average Bonchev–Trinajstić information content (AvgIpc) is 3.57. The van der Waals surface area contributed by atoms with Crippen LogP contribution in [0.4, 0.5) is 5.00 Å². The molecule has 2 aliphatic rings. The van der Waals surface area contributed by atoms with Gasteiger partial charge < -0.3 is 19.9 Å². The fourth-order valence-corrected chi connectivity index (χ4v) is 5.68. The van der Waals surface area contributed by atoms with Crippen molar-refractivity contribution in [2.24, 2.45) is 0 Å². The van der Waals surface area contributed by atoms with Gasteiger partial charge in [0.05, 0.1) is 11.7 Å². The molecule has 1 fully saturated rings. The van der Waals surface area contributed by atoms with Crippen LogP contribution in [0.25, 0.3) is 11.3 Å². The Bertz CT molecular complexity index is 1160. The van der Waals surface area contributed by atoms with Crippen molar-refractivity contribution < 1.29 is 18.8 Å². The Hall–Kier alpha value is -2.97. The third kappa shape index (κ3) is 4.72. The summed E-state index contributed by atoms with van der Waals surface area (Å²) in [7, 11) is 0. The predicted molar refractivity (Wildman–Crippen MR) is 127 cm³/mol. The van der Waals surface area contributed by atoms with Crippen LogP contribution in [0, 0.1) is 6.92 Å². The number of hydrogen-bond acceptors (Lipinski definition) is 6. The van der Waals surface area contributed by atoms with Crippen molar-refractivity contribution in [3.63, 3.8) is 0 Å². The number of nitrogens with zero attached hydrogens (tertiary/aromatic N) is 1. The Balaban J connectivity index is 1.35. The van der Waals surface area contributed by atoms with Gasteiger partial charge in [0, 0.05) is 29.7 Å². The summed E-state index contributed by atoms with van der Waals surface area (Å²) in [6.07, 6.45) is 5.98. The minimum atomic E-state index is -0.385. The summed E-state index contributed by atoms with van der Waals surface area (Å²) in [6.45, 7) is 3.25. The number of carbonyl (C=O) groups excluding carboxylic acids is 2. The highest BCUT2D eigenvalue weighted by molar-refractivity contribution is 7.17. The summed E-state index contributed by atoms with van der Waals surface area (Å²) in [4.78, 5) is 27.3. The summed E-state index contributed by atoms with van der Waals surface area (Å²) in [5.41, 5.74) is 3.83. The second-order valence-electron chi connectivity index (χ2n) is 8.66. The Morgan fingerprint density at radius 3 is 2.73 bits per heavy atom. The van der Waals surface area contributed by atoms with Gasteiger partial charge in [-0.2, -0.15) is 0 Å². The number of rotatable bonds is 6. The van der Waals surface area contributed by atoms with Crippen molar-refractivity contribution in [1.29, 1.82) is 0 Å². The van der Waals surface area contributed by atoms with Crippen LogP contribution in [0.3, 0.4) is 0 Å². The summed E-state index contributed by atoms with van der Waals surface area (Å²) >= 11 is 1.49. The maximum atomic E-state index is 13.1. The highest BCUT2D eigenvalue weighted by Crippen LogP contribution is 2.38. The lowest BCUT2D eigenvalue weighted by molar-refractivity contribution is 0.0858. The molecule has 3 heterocycles. The second-order valence-corrected chi connectivity index (χ2v) is 9.76. The molecule has 0 spiro atoms. The zero-order valence-electron chi connectivity index (χ0n) is 18.6. The fraction of sp³-hybridized carbons (Fsp3) is 0.400. The third-order valence-electron chi connectivity index (χ3n) is 6.22. The lowest BCUT2D eigenvalue weighted by atomic mass is 9.95. The van der Waals surface area contributed by atoms with Crippen molar-refractivity contribution in [3.05, 3.63) is 57.6 Å². The molecule has 3 aromatic rings. The predicted octanol–water partition coefficient (Wildman–Crippen LogP) is 4.75. The Kier molecular flexibility index (Phi) is 6.28. The first-order valence-corrected chi connectivity index (χ1v) is 12.3. The van der Waals surface area contributed by atoms with Crippen LogP contribution in [-0.2, 0) is 17.6 Å². The number of hydrogen-bond donors (Lipinski definition) is 2. The average molecular weight is 466 g/mol. The van der Waals surface area contributed by atoms with Gasteiger partial charge in [-0.3, -0.25) is 9.59 Å². The van der Waals surface area contributed by atoms with Crippen molar-refractivity contribution in [3.8, 4) is 11.3 Å². The number of aromatic nitrogens is 1. The van der Waals surface area contributed by atoms with Gasteiger partial charge in [-0.1, -0.05) is 35.0 Å². The molecule has 7 nitrogen and oxygen atoms in total. The van der Waals surface area contributed by atoms with E-state index in [4.69, 9.17) is 9.26 Å². The largest absolute Gasteiger partial charge is 0.376 e. The third-order valence-corrected chi connectivity index (χ3v) is 7.43. The quantitative estimate of drug-likeness (QED) is 0.548. The van der Waals surface area contributed by atoms with E-state index in [-0.39, 0.29) is 23.6 Å². The van der Waals surface area contributed by atoms with Crippen LogP contribution in [-0.4, -0.2) is 36.2 Å². The van der Waals surface area contributed by atoms with Gasteiger partial charge in [0.2, 0.25) is 0 Å². The zero-order valence-corrected chi connectivity index (χ0v) is 19.4. The Labute approximate surface area is 196 Å². The fourth-order valence-electron chi connectivity index (χ4n) is 4.40. The van der Waals surface area contributed by atoms with Crippen molar-refractivity contribution in [1.82, 2.24) is 10.5 Å². The summed E-state index contributed by atoms with van der Waals surface area (Å²) in [5, 5.41) is 10.5. The van der Waals surface area contributed by atoms with E-state index in [1.54, 1.807) is 6.07 Å². The van der Waals surface area contributed by atoms with Gasteiger partial charge >= 0.3 is 0 Å². The minimum Gasteiger partial charge on any atom is -0.376 e. The van der Waals surface area contributed by atoms with E-state index in [1.807, 2.05) is 31.2 Å². The Morgan fingerprint density at radius 2 is 1.94 bits per heavy atom. The van der Waals surface area contributed by atoms with Crippen molar-refractivity contribution >= 4 is 28.2 Å². The number of fused-ring (bicyclic) bond motifs is 1. The van der Waals surface area contributed by atoms with Gasteiger partial charge in [-0.05, 0) is 51.0 Å². The summed E-state index contributed by atoms with van der Waals surface area (Å²) < 4.78 is 11.0. The van der Waals surface area contributed by atoms with Crippen LogP contribution in [0.1, 0.15) is 62.5 Å². The van der Waals surface area contributed by atoms with Crippen LogP contribution in [0.5, 0.6) is 0 Å². The first kappa shape index (κ1) is 21.9. The first-order valence-electron chi connectivity index (χ1n) is 11.5. The monoisotopic (exact) mass is 465 g/mol.